The van der Waals surface area contributed by atoms with Crippen LogP contribution in [0.5, 0.6) is 0 Å². The van der Waals surface area contributed by atoms with Crippen molar-refractivity contribution >= 4 is 10.9 Å². The summed E-state index contributed by atoms with van der Waals surface area (Å²) in [5.74, 6) is 0. The second kappa shape index (κ2) is 10.8. The Morgan fingerprint density at radius 1 is 1.11 bits per heavy atom. The van der Waals surface area contributed by atoms with Crippen molar-refractivity contribution in [3.63, 3.8) is 0 Å². The Morgan fingerprint density at radius 3 is 2.50 bits per heavy atom. The van der Waals surface area contributed by atoms with Crippen molar-refractivity contribution in [1.82, 2.24) is 9.97 Å². The molecule has 0 saturated heterocycles. The summed E-state index contributed by atoms with van der Waals surface area (Å²) in [5, 5.41) is 1.33. The number of aromatic nitrogens is 2. The van der Waals surface area contributed by atoms with E-state index in [2.05, 4.69) is 29.2 Å². The normalized spacial score (nSPS) is 9.17. The quantitative estimate of drug-likeness (QED) is 0.726. The molecule has 2 rings (SSSR count). The number of fused-ring (bicyclic) bond motifs is 1. The van der Waals surface area contributed by atoms with Gasteiger partial charge in [0.15, 0.2) is 0 Å². The van der Waals surface area contributed by atoms with E-state index in [1.54, 1.807) is 0 Å². The van der Waals surface area contributed by atoms with Crippen molar-refractivity contribution in [1.29, 1.82) is 0 Å². The van der Waals surface area contributed by atoms with Crippen LogP contribution in [-0.4, -0.2) is 9.97 Å². The van der Waals surface area contributed by atoms with Crippen LogP contribution in [0.15, 0.2) is 24.7 Å². The van der Waals surface area contributed by atoms with E-state index in [4.69, 9.17) is 0 Å². The lowest BCUT2D eigenvalue weighted by Crippen LogP contribution is -1.83. The summed E-state index contributed by atoms with van der Waals surface area (Å²) in [6.07, 6.45) is 10.9. The Hall–Kier alpha value is -1.31. The number of nitrogens with one attached hydrogen (secondary N) is 1. The predicted molar refractivity (Wildman–Crippen MR) is 82.0 cm³/mol. The molecule has 2 heteroatoms. The van der Waals surface area contributed by atoms with Crippen molar-refractivity contribution in [3.8, 4) is 0 Å². The largest absolute Gasteiger partial charge is 0.360 e. The predicted octanol–water partition coefficient (Wildman–Crippen LogP) is 5.35. The Balaban J connectivity index is 0.000000659. The zero-order valence-electron chi connectivity index (χ0n) is 12.6. The number of hydrogen-bond acceptors (Lipinski definition) is 1. The van der Waals surface area contributed by atoms with Crippen LogP contribution in [-0.2, 0) is 6.42 Å². The molecule has 2 aromatic heterocycles. The number of aromatic amines is 1. The average molecular weight is 248 g/mol. The molecular weight excluding hydrogens is 220 g/mol. The maximum atomic E-state index is 4.09. The highest BCUT2D eigenvalue weighted by molar-refractivity contribution is 5.82. The molecule has 2 aromatic rings. The topological polar surface area (TPSA) is 28.7 Å². The van der Waals surface area contributed by atoms with Crippen molar-refractivity contribution in [2.24, 2.45) is 0 Å². The standard InChI is InChI=1S/C12H16N2.2C2H6/c1-2-3-4-5-10-8-14-12-9-13-7-6-11(10)12;2*1-2/h6-9,14H,2-5H2,1H3;2*1-2H3. The Labute approximate surface area is 112 Å². The van der Waals surface area contributed by atoms with Crippen LogP contribution in [0.4, 0.5) is 0 Å². The van der Waals surface area contributed by atoms with Gasteiger partial charge in [0.2, 0.25) is 0 Å². The molecule has 0 aliphatic rings. The number of rotatable bonds is 4. The van der Waals surface area contributed by atoms with Crippen molar-refractivity contribution in [2.75, 3.05) is 0 Å². The molecule has 0 radical (unpaired) electrons. The van der Waals surface area contributed by atoms with Gasteiger partial charge in [0.25, 0.3) is 0 Å². The van der Waals surface area contributed by atoms with Crippen LogP contribution in [0.2, 0.25) is 0 Å². The molecule has 1 N–H and O–H groups in total. The van der Waals surface area contributed by atoms with Crippen LogP contribution in [0.1, 0.15) is 59.4 Å². The summed E-state index contributed by atoms with van der Waals surface area (Å²) >= 11 is 0. The molecule has 0 bridgehead atoms. The third-order valence-electron chi connectivity index (χ3n) is 2.62. The Morgan fingerprint density at radius 2 is 1.83 bits per heavy atom. The smallest absolute Gasteiger partial charge is 0.0643 e. The maximum absolute atomic E-state index is 4.09. The second-order valence-corrected chi connectivity index (χ2v) is 3.69. The number of nitrogens with zero attached hydrogens (tertiary/aromatic N) is 1. The third kappa shape index (κ3) is 4.91. The van der Waals surface area contributed by atoms with Crippen LogP contribution in [0, 0.1) is 0 Å². The summed E-state index contributed by atoms with van der Waals surface area (Å²) in [6, 6.07) is 2.09. The lowest BCUT2D eigenvalue weighted by molar-refractivity contribution is 0.719. The van der Waals surface area contributed by atoms with Gasteiger partial charge in [0, 0.05) is 17.8 Å². The summed E-state index contributed by atoms with van der Waals surface area (Å²) in [4.78, 5) is 7.34. The first-order valence-corrected chi connectivity index (χ1v) is 7.32. The van der Waals surface area contributed by atoms with E-state index in [-0.39, 0.29) is 0 Å². The number of unbranched alkanes of at least 4 members (excludes halogenated alkanes) is 2. The number of pyridine rings is 1. The molecule has 0 fully saturated rings. The van der Waals surface area contributed by atoms with E-state index in [9.17, 15) is 0 Å². The summed E-state index contributed by atoms with van der Waals surface area (Å²) in [6.45, 7) is 10.2. The first-order chi connectivity index (χ1) is 8.92. The van der Waals surface area contributed by atoms with E-state index in [0.29, 0.717) is 0 Å². The van der Waals surface area contributed by atoms with E-state index >= 15 is 0 Å². The molecule has 0 aliphatic carbocycles. The molecule has 102 valence electrons. The Kier molecular flexibility index (Phi) is 10.0. The lowest BCUT2D eigenvalue weighted by Gasteiger charge is -1.97. The van der Waals surface area contributed by atoms with Crippen molar-refractivity contribution in [2.45, 2.75) is 60.3 Å². The van der Waals surface area contributed by atoms with Gasteiger partial charge in [0.1, 0.15) is 0 Å². The zero-order chi connectivity index (χ0) is 13.8. The molecule has 0 unspecified atom stereocenters. The van der Waals surface area contributed by atoms with Gasteiger partial charge in [-0.1, -0.05) is 47.5 Å². The van der Waals surface area contributed by atoms with Crippen LogP contribution in [0.25, 0.3) is 10.9 Å². The molecule has 2 heterocycles. The SMILES string of the molecule is CC.CC.CCCCCc1c[nH]c2cnccc12. The lowest BCUT2D eigenvalue weighted by atomic mass is 10.1. The first-order valence-electron chi connectivity index (χ1n) is 7.32. The second-order valence-electron chi connectivity index (χ2n) is 3.69. The van der Waals surface area contributed by atoms with Crippen LogP contribution in [0.3, 0.4) is 0 Å². The van der Waals surface area contributed by atoms with Gasteiger partial charge in [0.05, 0.1) is 11.7 Å². The average Bonchev–Trinajstić information content (AvgIpc) is 2.87. The molecular formula is C16H28N2. The monoisotopic (exact) mass is 248 g/mol. The molecule has 0 saturated carbocycles. The third-order valence-corrected chi connectivity index (χ3v) is 2.62. The van der Waals surface area contributed by atoms with Crippen LogP contribution >= 0.6 is 0 Å². The number of aryl methyl sites for hydroxylation is 1. The zero-order valence-corrected chi connectivity index (χ0v) is 12.6. The fraction of sp³-hybridized carbons (Fsp3) is 0.562. The van der Waals surface area contributed by atoms with Crippen molar-refractivity contribution < 1.29 is 0 Å². The molecule has 0 atom stereocenters. The highest BCUT2D eigenvalue weighted by Gasteiger charge is 2.01. The van der Waals surface area contributed by atoms with Gasteiger partial charge in [-0.25, -0.2) is 0 Å². The molecule has 2 nitrogen and oxygen atoms in total. The van der Waals surface area contributed by atoms with Gasteiger partial charge in [-0.2, -0.15) is 0 Å². The van der Waals surface area contributed by atoms with E-state index < -0.39 is 0 Å². The van der Waals surface area contributed by atoms with Gasteiger partial charge < -0.3 is 4.98 Å². The molecule has 18 heavy (non-hydrogen) atoms. The fourth-order valence-corrected chi connectivity index (χ4v) is 1.80. The summed E-state index contributed by atoms with van der Waals surface area (Å²) in [7, 11) is 0. The molecule has 0 aromatic carbocycles. The van der Waals surface area contributed by atoms with E-state index in [1.807, 2.05) is 40.1 Å². The molecule has 0 amide bonds. The number of hydrogen-bond donors (Lipinski definition) is 1. The molecule has 0 spiro atoms. The Bertz CT molecular complexity index is 404. The van der Waals surface area contributed by atoms with E-state index in [0.717, 1.165) is 5.52 Å². The highest BCUT2D eigenvalue weighted by Crippen LogP contribution is 2.18. The minimum atomic E-state index is 1.15. The van der Waals surface area contributed by atoms with Crippen molar-refractivity contribution in [3.05, 3.63) is 30.2 Å². The maximum Gasteiger partial charge on any atom is 0.0643 e. The number of H-pyrrole nitrogens is 1. The minimum Gasteiger partial charge on any atom is -0.360 e. The van der Waals surface area contributed by atoms with Gasteiger partial charge in [-0.15, -0.1) is 0 Å². The highest BCUT2D eigenvalue weighted by atomic mass is 14.7. The minimum absolute atomic E-state index is 1.15. The molecule has 0 aliphatic heterocycles. The van der Waals surface area contributed by atoms with Gasteiger partial charge in [-0.3, -0.25) is 4.98 Å². The van der Waals surface area contributed by atoms with E-state index in [1.165, 1.54) is 36.6 Å². The van der Waals surface area contributed by atoms with Crippen LogP contribution < -0.4 is 0 Å². The summed E-state index contributed by atoms with van der Waals surface area (Å²) < 4.78 is 0. The van der Waals surface area contributed by atoms with Gasteiger partial charge in [-0.05, 0) is 24.5 Å². The first kappa shape index (κ1) is 16.7. The summed E-state index contributed by atoms with van der Waals surface area (Å²) in [5.41, 5.74) is 2.58. The fourth-order valence-electron chi connectivity index (χ4n) is 1.80. The van der Waals surface area contributed by atoms with Gasteiger partial charge >= 0.3 is 0 Å².